The van der Waals surface area contributed by atoms with Crippen molar-refractivity contribution in [2.24, 2.45) is 0 Å². The number of aromatic nitrogens is 3. The van der Waals surface area contributed by atoms with E-state index in [9.17, 15) is 4.79 Å². The summed E-state index contributed by atoms with van der Waals surface area (Å²) in [7, 11) is 0. The molecule has 0 fully saturated rings. The van der Waals surface area contributed by atoms with Crippen molar-refractivity contribution < 1.29 is 5.11 Å². The van der Waals surface area contributed by atoms with Gasteiger partial charge < -0.3 is 10.4 Å². The maximum Gasteiger partial charge on any atom is 0.256 e. The van der Waals surface area contributed by atoms with Crippen LogP contribution < -0.4 is 10.9 Å². The number of pyridine rings is 1. The number of anilines is 1. The van der Waals surface area contributed by atoms with Crippen molar-refractivity contribution in [2.75, 3.05) is 18.5 Å². The lowest BCUT2D eigenvalue weighted by Crippen LogP contribution is -2.20. The smallest absolute Gasteiger partial charge is 0.256 e. The van der Waals surface area contributed by atoms with Gasteiger partial charge in [0.1, 0.15) is 0 Å². The molecule has 118 valence electrons. The van der Waals surface area contributed by atoms with Gasteiger partial charge in [0.25, 0.3) is 5.56 Å². The third kappa shape index (κ3) is 4.66. The van der Waals surface area contributed by atoms with E-state index < -0.39 is 0 Å². The molecule has 0 aliphatic heterocycles. The van der Waals surface area contributed by atoms with Crippen molar-refractivity contribution in [3.63, 3.8) is 0 Å². The van der Waals surface area contributed by atoms with E-state index in [1.54, 1.807) is 12.4 Å². The highest BCUT2D eigenvalue weighted by Gasteiger charge is 2.09. The summed E-state index contributed by atoms with van der Waals surface area (Å²) in [6, 6.07) is 3.80. The van der Waals surface area contributed by atoms with Crippen LogP contribution in [-0.2, 0) is 6.42 Å². The van der Waals surface area contributed by atoms with E-state index in [1.165, 1.54) is 0 Å². The van der Waals surface area contributed by atoms with E-state index >= 15 is 0 Å². The number of aryl methyl sites for hydroxylation is 1. The zero-order chi connectivity index (χ0) is 15.8. The molecule has 0 bridgehead atoms. The molecule has 0 aromatic carbocycles. The Morgan fingerprint density at radius 2 is 2.18 bits per heavy atom. The Balaban J connectivity index is 2.01. The van der Waals surface area contributed by atoms with Crippen LogP contribution in [0.5, 0.6) is 0 Å². The molecule has 3 N–H and O–H groups in total. The normalized spacial score (nSPS) is 10.6. The molecule has 0 saturated heterocycles. The summed E-state index contributed by atoms with van der Waals surface area (Å²) in [6.45, 7) is 2.79. The van der Waals surface area contributed by atoms with Crippen LogP contribution in [0.4, 0.5) is 5.95 Å². The summed E-state index contributed by atoms with van der Waals surface area (Å²) in [5.74, 6) is 0.501. The van der Waals surface area contributed by atoms with Crippen LogP contribution in [0.3, 0.4) is 0 Å². The van der Waals surface area contributed by atoms with Gasteiger partial charge in [0.15, 0.2) is 0 Å². The second-order valence-electron chi connectivity index (χ2n) is 5.23. The average molecular weight is 302 g/mol. The SMILES string of the molecule is Cc1nc(NCCCCCO)[nH]c(=O)c1Cc1cccnc1. The number of aliphatic hydroxyl groups excluding tert-OH is 1. The molecule has 0 atom stereocenters. The first kappa shape index (κ1) is 16.2. The number of hydrogen-bond acceptors (Lipinski definition) is 5. The molecular weight excluding hydrogens is 280 g/mol. The van der Waals surface area contributed by atoms with Crippen LogP contribution in [0, 0.1) is 6.92 Å². The summed E-state index contributed by atoms with van der Waals surface area (Å²) in [6.07, 6.45) is 6.68. The first-order valence-corrected chi connectivity index (χ1v) is 7.54. The largest absolute Gasteiger partial charge is 0.396 e. The minimum absolute atomic E-state index is 0.116. The van der Waals surface area contributed by atoms with Crippen molar-refractivity contribution in [1.82, 2.24) is 15.0 Å². The van der Waals surface area contributed by atoms with Gasteiger partial charge in [-0.3, -0.25) is 14.8 Å². The zero-order valence-electron chi connectivity index (χ0n) is 12.8. The van der Waals surface area contributed by atoms with Gasteiger partial charge in [-0.15, -0.1) is 0 Å². The molecule has 22 heavy (non-hydrogen) atoms. The van der Waals surface area contributed by atoms with Crippen LogP contribution in [0.25, 0.3) is 0 Å². The van der Waals surface area contributed by atoms with Crippen molar-refractivity contribution in [3.05, 3.63) is 51.7 Å². The fourth-order valence-electron chi connectivity index (χ4n) is 2.23. The Morgan fingerprint density at radius 3 is 2.86 bits per heavy atom. The number of aromatic amines is 1. The second-order valence-corrected chi connectivity index (χ2v) is 5.23. The standard InChI is InChI=1S/C16H22N4O2/c1-12-14(10-13-6-5-7-17-11-13)15(22)20-16(19-12)18-8-3-2-4-9-21/h5-7,11,21H,2-4,8-10H2,1H3,(H2,18,19,20,22). The van der Waals surface area contributed by atoms with Crippen molar-refractivity contribution in [1.29, 1.82) is 0 Å². The highest BCUT2D eigenvalue weighted by atomic mass is 16.2. The van der Waals surface area contributed by atoms with Crippen LogP contribution in [-0.4, -0.2) is 33.2 Å². The summed E-state index contributed by atoms with van der Waals surface area (Å²) < 4.78 is 0. The zero-order valence-corrected chi connectivity index (χ0v) is 12.8. The van der Waals surface area contributed by atoms with Gasteiger partial charge in [0, 0.05) is 37.5 Å². The molecule has 2 aromatic rings. The molecule has 0 spiro atoms. The fraction of sp³-hybridized carbons (Fsp3) is 0.438. The quantitative estimate of drug-likeness (QED) is 0.645. The highest BCUT2D eigenvalue weighted by Crippen LogP contribution is 2.09. The van der Waals surface area contributed by atoms with Crippen molar-refractivity contribution in [2.45, 2.75) is 32.6 Å². The van der Waals surface area contributed by atoms with Gasteiger partial charge in [-0.25, -0.2) is 4.98 Å². The Kier molecular flexibility index (Phi) is 6.09. The lowest BCUT2D eigenvalue weighted by atomic mass is 10.1. The molecule has 0 amide bonds. The summed E-state index contributed by atoms with van der Waals surface area (Å²) in [4.78, 5) is 23.5. The third-order valence-corrected chi connectivity index (χ3v) is 3.45. The van der Waals surface area contributed by atoms with Crippen LogP contribution in [0.15, 0.2) is 29.3 Å². The Labute approximate surface area is 129 Å². The van der Waals surface area contributed by atoms with Crippen molar-refractivity contribution >= 4 is 5.95 Å². The Morgan fingerprint density at radius 1 is 1.32 bits per heavy atom. The summed E-state index contributed by atoms with van der Waals surface area (Å²) >= 11 is 0. The van der Waals surface area contributed by atoms with Gasteiger partial charge in [-0.05, 0) is 37.8 Å². The minimum Gasteiger partial charge on any atom is -0.396 e. The molecule has 6 heteroatoms. The Bertz CT molecular complexity index is 640. The molecule has 2 heterocycles. The maximum atomic E-state index is 12.2. The molecule has 0 radical (unpaired) electrons. The molecule has 2 rings (SSSR count). The molecular formula is C16H22N4O2. The third-order valence-electron chi connectivity index (χ3n) is 3.45. The maximum absolute atomic E-state index is 12.2. The Hall–Kier alpha value is -2.21. The number of unbranched alkanes of at least 4 members (excludes halogenated alkanes) is 2. The van der Waals surface area contributed by atoms with E-state index in [1.807, 2.05) is 19.1 Å². The predicted molar refractivity (Wildman–Crippen MR) is 86.1 cm³/mol. The molecule has 0 aliphatic carbocycles. The van der Waals surface area contributed by atoms with E-state index in [2.05, 4.69) is 20.3 Å². The van der Waals surface area contributed by atoms with Crippen LogP contribution in [0.1, 0.15) is 36.1 Å². The van der Waals surface area contributed by atoms with E-state index in [-0.39, 0.29) is 12.2 Å². The number of rotatable bonds is 8. The monoisotopic (exact) mass is 302 g/mol. The van der Waals surface area contributed by atoms with Gasteiger partial charge in [0.2, 0.25) is 5.95 Å². The minimum atomic E-state index is -0.116. The average Bonchev–Trinajstić information content (AvgIpc) is 2.52. The molecule has 0 saturated carbocycles. The lowest BCUT2D eigenvalue weighted by molar-refractivity contribution is 0.283. The van der Waals surface area contributed by atoms with Crippen LogP contribution >= 0.6 is 0 Å². The summed E-state index contributed by atoms with van der Waals surface area (Å²) in [5, 5.41) is 11.8. The first-order valence-electron chi connectivity index (χ1n) is 7.54. The number of nitrogens with one attached hydrogen (secondary N) is 2. The van der Waals surface area contributed by atoms with E-state index in [0.29, 0.717) is 17.9 Å². The van der Waals surface area contributed by atoms with Gasteiger partial charge >= 0.3 is 0 Å². The number of H-pyrrole nitrogens is 1. The molecule has 0 unspecified atom stereocenters. The fourth-order valence-corrected chi connectivity index (χ4v) is 2.23. The predicted octanol–water partition coefficient (Wildman–Crippen LogP) is 1.64. The number of hydrogen-bond donors (Lipinski definition) is 3. The van der Waals surface area contributed by atoms with Crippen molar-refractivity contribution in [3.8, 4) is 0 Å². The lowest BCUT2D eigenvalue weighted by Gasteiger charge is -2.09. The number of aliphatic hydroxyl groups is 1. The van der Waals surface area contributed by atoms with Gasteiger partial charge in [-0.2, -0.15) is 0 Å². The number of nitrogens with zero attached hydrogens (tertiary/aromatic N) is 2. The second kappa shape index (κ2) is 8.29. The topological polar surface area (TPSA) is 90.9 Å². The molecule has 2 aromatic heterocycles. The molecule has 6 nitrogen and oxygen atoms in total. The highest BCUT2D eigenvalue weighted by molar-refractivity contribution is 5.32. The van der Waals surface area contributed by atoms with Crippen LogP contribution in [0.2, 0.25) is 0 Å². The van der Waals surface area contributed by atoms with Gasteiger partial charge in [0.05, 0.1) is 5.69 Å². The summed E-state index contributed by atoms with van der Waals surface area (Å²) in [5.41, 5.74) is 2.26. The van der Waals surface area contributed by atoms with E-state index in [0.717, 1.165) is 37.1 Å². The van der Waals surface area contributed by atoms with E-state index in [4.69, 9.17) is 5.11 Å². The molecule has 0 aliphatic rings. The van der Waals surface area contributed by atoms with Gasteiger partial charge in [-0.1, -0.05) is 6.07 Å². The first-order chi connectivity index (χ1) is 10.7.